The van der Waals surface area contributed by atoms with Crippen LogP contribution < -0.4 is 5.32 Å². The fraction of sp³-hybridized carbons (Fsp3) is 0.591. The van der Waals surface area contributed by atoms with Gasteiger partial charge in [-0.2, -0.15) is 5.10 Å². The summed E-state index contributed by atoms with van der Waals surface area (Å²) in [6.07, 6.45) is 7.32. The average molecular weight is 384 g/mol. The highest BCUT2D eigenvalue weighted by molar-refractivity contribution is 5.89. The standard InChI is InChI=1S/C22H33N5O/c1-16(2)13-22(28)25-21-7-10-24-27(21)20-8-11-26(12-9-20)18(4)14-19-6-5-17(3)15-23-19/h5-7,10,15-16,18,20H,8-9,11-14H2,1-4H3,(H,25,28)/t18-/m1/s1. The van der Waals surface area contributed by atoms with E-state index in [2.05, 4.69) is 60.1 Å². The van der Waals surface area contributed by atoms with Crippen LogP contribution >= 0.6 is 0 Å². The predicted molar refractivity (Wildman–Crippen MR) is 112 cm³/mol. The second kappa shape index (κ2) is 9.32. The Morgan fingerprint density at radius 2 is 1.96 bits per heavy atom. The Hall–Kier alpha value is -2.21. The Morgan fingerprint density at radius 1 is 1.21 bits per heavy atom. The summed E-state index contributed by atoms with van der Waals surface area (Å²) in [7, 11) is 0. The molecular weight excluding hydrogens is 350 g/mol. The van der Waals surface area contributed by atoms with Gasteiger partial charge in [0.25, 0.3) is 0 Å². The van der Waals surface area contributed by atoms with Crippen LogP contribution in [-0.2, 0) is 11.2 Å². The Kier molecular flexibility index (Phi) is 6.83. The first-order valence-electron chi connectivity index (χ1n) is 10.4. The lowest BCUT2D eigenvalue weighted by atomic mass is 10.0. The maximum Gasteiger partial charge on any atom is 0.225 e. The number of aromatic nitrogens is 3. The van der Waals surface area contributed by atoms with Gasteiger partial charge in [0.05, 0.1) is 12.2 Å². The lowest BCUT2D eigenvalue weighted by Crippen LogP contribution is -2.41. The lowest BCUT2D eigenvalue weighted by Gasteiger charge is -2.36. The van der Waals surface area contributed by atoms with E-state index in [0.717, 1.165) is 43.9 Å². The van der Waals surface area contributed by atoms with E-state index >= 15 is 0 Å². The molecular formula is C22H33N5O. The molecule has 0 bridgehead atoms. The molecule has 0 spiro atoms. The molecule has 3 rings (SSSR count). The number of nitrogens with zero attached hydrogens (tertiary/aromatic N) is 4. The van der Waals surface area contributed by atoms with Crippen LogP contribution in [0.5, 0.6) is 0 Å². The molecule has 1 saturated heterocycles. The molecule has 1 N–H and O–H groups in total. The molecule has 3 heterocycles. The molecule has 0 saturated carbocycles. The van der Waals surface area contributed by atoms with E-state index in [9.17, 15) is 4.79 Å². The van der Waals surface area contributed by atoms with Crippen molar-refractivity contribution >= 4 is 11.7 Å². The van der Waals surface area contributed by atoms with E-state index in [4.69, 9.17) is 0 Å². The minimum Gasteiger partial charge on any atom is -0.311 e. The molecule has 1 aliphatic rings. The summed E-state index contributed by atoms with van der Waals surface area (Å²) in [6.45, 7) is 10.5. The van der Waals surface area contributed by atoms with Crippen molar-refractivity contribution < 1.29 is 4.79 Å². The number of carbonyl (C=O) groups is 1. The highest BCUT2D eigenvalue weighted by Crippen LogP contribution is 2.27. The van der Waals surface area contributed by atoms with Gasteiger partial charge in [-0.05, 0) is 44.2 Å². The number of rotatable bonds is 7. The van der Waals surface area contributed by atoms with Crippen LogP contribution in [0.1, 0.15) is 57.3 Å². The van der Waals surface area contributed by atoms with Gasteiger partial charge in [0.1, 0.15) is 5.82 Å². The van der Waals surface area contributed by atoms with Crippen LogP contribution in [0.4, 0.5) is 5.82 Å². The minimum absolute atomic E-state index is 0.0633. The van der Waals surface area contributed by atoms with Crippen LogP contribution in [0.2, 0.25) is 0 Å². The van der Waals surface area contributed by atoms with E-state index in [1.807, 2.05) is 16.9 Å². The zero-order valence-electron chi connectivity index (χ0n) is 17.6. The third-order valence-electron chi connectivity index (χ3n) is 5.48. The first-order valence-corrected chi connectivity index (χ1v) is 10.4. The van der Waals surface area contributed by atoms with Crippen molar-refractivity contribution in [3.63, 3.8) is 0 Å². The molecule has 0 aromatic carbocycles. The minimum atomic E-state index is 0.0633. The van der Waals surface area contributed by atoms with Crippen molar-refractivity contribution in [2.45, 2.75) is 65.5 Å². The number of carbonyl (C=O) groups excluding carboxylic acids is 1. The highest BCUT2D eigenvalue weighted by Gasteiger charge is 2.26. The van der Waals surface area contributed by atoms with E-state index in [-0.39, 0.29) is 5.91 Å². The van der Waals surface area contributed by atoms with Gasteiger partial charge in [0.2, 0.25) is 5.91 Å². The molecule has 152 valence electrons. The average Bonchev–Trinajstić information content (AvgIpc) is 3.11. The summed E-state index contributed by atoms with van der Waals surface area (Å²) >= 11 is 0. The molecule has 1 atom stereocenters. The molecule has 1 aliphatic heterocycles. The van der Waals surface area contributed by atoms with Crippen molar-refractivity contribution in [2.75, 3.05) is 18.4 Å². The quantitative estimate of drug-likeness (QED) is 0.789. The zero-order chi connectivity index (χ0) is 20.1. The second-order valence-electron chi connectivity index (χ2n) is 8.45. The molecule has 6 heteroatoms. The van der Waals surface area contributed by atoms with Gasteiger partial charge >= 0.3 is 0 Å². The van der Waals surface area contributed by atoms with E-state index in [1.165, 1.54) is 5.56 Å². The Morgan fingerprint density at radius 3 is 2.61 bits per heavy atom. The highest BCUT2D eigenvalue weighted by atomic mass is 16.1. The summed E-state index contributed by atoms with van der Waals surface area (Å²) in [5.74, 6) is 1.23. The maximum atomic E-state index is 12.1. The van der Waals surface area contributed by atoms with Crippen molar-refractivity contribution in [3.8, 4) is 0 Å². The zero-order valence-corrected chi connectivity index (χ0v) is 17.6. The number of hydrogen-bond acceptors (Lipinski definition) is 4. The van der Waals surface area contributed by atoms with E-state index in [1.54, 1.807) is 6.20 Å². The SMILES string of the molecule is Cc1ccc(C[C@@H](C)N2CCC(n3nccc3NC(=O)CC(C)C)CC2)nc1. The number of anilines is 1. The molecule has 2 aromatic rings. The van der Waals surface area contributed by atoms with Gasteiger partial charge in [-0.25, -0.2) is 4.68 Å². The molecule has 0 radical (unpaired) electrons. The predicted octanol–water partition coefficient (Wildman–Crippen LogP) is 3.84. The van der Waals surface area contributed by atoms with Crippen molar-refractivity contribution in [2.24, 2.45) is 5.92 Å². The first-order chi connectivity index (χ1) is 13.4. The van der Waals surface area contributed by atoms with Gasteiger partial charge in [0, 0.05) is 49.9 Å². The van der Waals surface area contributed by atoms with Gasteiger partial charge < -0.3 is 10.2 Å². The van der Waals surface area contributed by atoms with Crippen LogP contribution in [0.3, 0.4) is 0 Å². The molecule has 0 unspecified atom stereocenters. The smallest absolute Gasteiger partial charge is 0.225 e. The van der Waals surface area contributed by atoms with Gasteiger partial charge in [-0.15, -0.1) is 0 Å². The van der Waals surface area contributed by atoms with Crippen molar-refractivity contribution in [1.29, 1.82) is 0 Å². The van der Waals surface area contributed by atoms with Crippen LogP contribution in [0.25, 0.3) is 0 Å². The topological polar surface area (TPSA) is 63.1 Å². The number of hydrogen-bond donors (Lipinski definition) is 1. The van der Waals surface area contributed by atoms with Crippen molar-refractivity contribution in [1.82, 2.24) is 19.7 Å². The summed E-state index contributed by atoms with van der Waals surface area (Å²) in [6, 6.07) is 6.98. The monoisotopic (exact) mass is 383 g/mol. The fourth-order valence-electron chi connectivity index (χ4n) is 3.89. The number of piperidine rings is 1. The normalized spacial score (nSPS) is 17.0. The van der Waals surface area contributed by atoms with Gasteiger partial charge in [-0.1, -0.05) is 19.9 Å². The molecule has 2 aromatic heterocycles. The van der Waals surface area contributed by atoms with Gasteiger partial charge in [0.15, 0.2) is 0 Å². The Labute approximate surface area is 168 Å². The third-order valence-corrected chi connectivity index (χ3v) is 5.48. The van der Waals surface area contributed by atoms with Crippen LogP contribution in [0, 0.1) is 12.8 Å². The Bertz CT molecular complexity index is 759. The molecule has 28 heavy (non-hydrogen) atoms. The fourth-order valence-corrected chi connectivity index (χ4v) is 3.89. The van der Waals surface area contributed by atoms with E-state index in [0.29, 0.717) is 24.4 Å². The number of amides is 1. The van der Waals surface area contributed by atoms with Crippen LogP contribution in [-0.4, -0.2) is 44.7 Å². The summed E-state index contributed by atoms with van der Waals surface area (Å²) in [5, 5.41) is 7.52. The number of likely N-dealkylation sites (tertiary alicyclic amines) is 1. The first kappa shape index (κ1) is 20.5. The molecule has 0 aliphatic carbocycles. The van der Waals surface area contributed by atoms with Gasteiger partial charge in [-0.3, -0.25) is 9.78 Å². The summed E-state index contributed by atoms with van der Waals surface area (Å²) < 4.78 is 2.00. The second-order valence-corrected chi connectivity index (χ2v) is 8.45. The summed E-state index contributed by atoms with van der Waals surface area (Å²) in [4.78, 5) is 19.2. The molecule has 1 amide bonds. The largest absolute Gasteiger partial charge is 0.311 e. The molecule has 1 fully saturated rings. The number of aryl methyl sites for hydroxylation is 1. The van der Waals surface area contributed by atoms with Crippen molar-refractivity contribution in [3.05, 3.63) is 41.9 Å². The van der Waals surface area contributed by atoms with Crippen LogP contribution in [0.15, 0.2) is 30.6 Å². The third kappa shape index (κ3) is 5.41. The molecule has 6 nitrogen and oxygen atoms in total. The number of pyridine rings is 1. The van der Waals surface area contributed by atoms with E-state index < -0.39 is 0 Å². The Balaban J connectivity index is 1.53. The number of nitrogens with one attached hydrogen (secondary N) is 1. The maximum absolute atomic E-state index is 12.1. The lowest BCUT2D eigenvalue weighted by molar-refractivity contribution is -0.116. The summed E-state index contributed by atoms with van der Waals surface area (Å²) in [5.41, 5.74) is 2.36.